The SMILES string of the molecule is Cc1noc(CCCNC(=O)c2ccccc2OCc2cn3cccc(C)c3n2)n1. The van der Waals surface area contributed by atoms with Crippen molar-refractivity contribution in [1.82, 2.24) is 24.8 Å². The molecule has 4 rings (SSSR count). The van der Waals surface area contributed by atoms with Crippen LogP contribution in [-0.2, 0) is 13.0 Å². The Morgan fingerprint density at radius 3 is 2.83 bits per heavy atom. The quantitative estimate of drug-likeness (QED) is 0.452. The number of benzene rings is 1. The lowest BCUT2D eigenvalue weighted by atomic mass is 10.2. The lowest BCUT2D eigenvalue weighted by Gasteiger charge is -2.10. The molecule has 3 heterocycles. The van der Waals surface area contributed by atoms with Gasteiger partial charge in [0.05, 0.1) is 11.3 Å². The molecule has 0 fully saturated rings. The first-order valence-electron chi connectivity index (χ1n) is 9.82. The van der Waals surface area contributed by atoms with Crippen molar-refractivity contribution in [3.8, 4) is 5.75 Å². The number of hydrogen-bond acceptors (Lipinski definition) is 6. The molecule has 0 atom stereocenters. The molecule has 3 aromatic heterocycles. The van der Waals surface area contributed by atoms with Gasteiger partial charge < -0.3 is 19.0 Å². The molecule has 154 valence electrons. The van der Waals surface area contributed by atoms with Gasteiger partial charge in [-0.1, -0.05) is 23.4 Å². The first kappa shape index (κ1) is 19.6. The second-order valence-corrected chi connectivity index (χ2v) is 7.03. The van der Waals surface area contributed by atoms with Gasteiger partial charge in [-0.05, 0) is 44.0 Å². The minimum atomic E-state index is -0.182. The summed E-state index contributed by atoms with van der Waals surface area (Å²) in [6.45, 7) is 4.58. The topological polar surface area (TPSA) is 94.5 Å². The Hall–Kier alpha value is -3.68. The van der Waals surface area contributed by atoms with Gasteiger partial charge in [0.1, 0.15) is 18.0 Å². The average molecular weight is 405 g/mol. The van der Waals surface area contributed by atoms with Crippen LogP contribution in [0.2, 0.25) is 0 Å². The van der Waals surface area contributed by atoms with E-state index in [4.69, 9.17) is 9.26 Å². The summed E-state index contributed by atoms with van der Waals surface area (Å²) >= 11 is 0. The highest BCUT2D eigenvalue weighted by Crippen LogP contribution is 2.20. The maximum Gasteiger partial charge on any atom is 0.255 e. The van der Waals surface area contributed by atoms with Crippen LogP contribution in [0.25, 0.3) is 5.65 Å². The summed E-state index contributed by atoms with van der Waals surface area (Å²) in [6.07, 6.45) is 5.21. The van der Waals surface area contributed by atoms with Crippen LogP contribution in [0.5, 0.6) is 5.75 Å². The van der Waals surface area contributed by atoms with E-state index in [0.717, 1.165) is 16.9 Å². The zero-order valence-corrected chi connectivity index (χ0v) is 17.0. The molecule has 0 saturated heterocycles. The molecule has 0 aliphatic heterocycles. The number of ether oxygens (including phenoxy) is 1. The second-order valence-electron chi connectivity index (χ2n) is 7.03. The molecule has 0 bridgehead atoms. The van der Waals surface area contributed by atoms with Crippen molar-refractivity contribution in [2.75, 3.05) is 6.54 Å². The van der Waals surface area contributed by atoms with Gasteiger partial charge in [0, 0.05) is 25.4 Å². The standard InChI is InChI=1S/C22H23N5O3/c1-15-7-6-12-27-13-17(25-21(15)27)14-29-19-9-4-3-8-18(19)22(28)23-11-5-10-20-24-16(2)26-30-20/h3-4,6-9,12-13H,5,10-11,14H2,1-2H3,(H,23,28). The molecular weight excluding hydrogens is 382 g/mol. The number of amides is 1. The number of aromatic nitrogens is 4. The number of nitrogens with zero attached hydrogens (tertiary/aromatic N) is 4. The van der Waals surface area contributed by atoms with Gasteiger partial charge in [-0.15, -0.1) is 0 Å². The highest BCUT2D eigenvalue weighted by Gasteiger charge is 2.13. The summed E-state index contributed by atoms with van der Waals surface area (Å²) in [6, 6.07) is 11.2. The van der Waals surface area contributed by atoms with Crippen LogP contribution in [0, 0.1) is 13.8 Å². The normalized spacial score (nSPS) is 11.0. The molecule has 30 heavy (non-hydrogen) atoms. The zero-order chi connectivity index (χ0) is 20.9. The van der Waals surface area contributed by atoms with E-state index in [9.17, 15) is 4.79 Å². The second kappa shape index (κ2) is 8.77. The Balaban J connectivity index is 1.35. The van der Waals surface area contributed by atoms with Crippen LogP contribution in [-0.4, -0.2) is 32.0 Å². The number of para-hydroxylation sites is 1. The number of rotatable bonds is 8. The van der Waals surface area contributed by atoms with E-state index in [1.807, 2.05) is 48.0 Å². The third-order valence-corrected chi connectivity index (χ3v) is 4.66. The Morgan fingerprint density at radius 2 is 2.03 bits per heavy atom. The first-order valence-corrected chi connectivity index (χ1v) is 9.82. The summed E-state index contributed by atoms with van der Waals surface area (Å²) in [7, 11) is 0. The lowest BCUT2D eigenvalue weighted by Crippen LogP contribution is -2.25. The van der Waals surface area contributed by atoms with Gasteiger partial charge in [-0.2, -0.15) is 4.98 Å². The summed E-state index contributed by atoms with van der Waals surface area (Å²) < 4.78 is 13.0. The van der Waals surface area contributed by atoms with Crippen molar-refractivity contribution < 1.29 is 14.1 Å². The monoisotopic (exact) mass is 405 g/mol. The fraction of sp³-hybridized carbons (Fsp3) is 0.273. The number of hydrogen-bond donors (Lipinski definition) is 1. The molecule has 0 spiro atoms. The molecule has 8 nitrogen and oxygen atoms in total. The van der Waals surface area contributed by atoms with Gasteiger partial charge in [0.25, 0.3) is 5.91 Å². The number of carbonyl (C=O) groups excluding carboxylic acids is 1. The minimum Gasteiger partial charge on any atom is -0.486 e. The Morgan fingerprint density at radius 1 is 1.17 bits per heavy atom. The van der Waals surface area contributed by atoms with E-state index < -0.39 is 0 Å². The predicted molar refractivity (Wildman–Crippen MR) is 110 cm³/mol. The fourth-order valence-corrected chi connectivity index (χ4v) is 3.18. The van der Waals surface area contributed by atoms with Crippen LogP contribution >= 0.6 is 0 Å². The smallest absolute Gasteiger partial charge is 0.255 e. The molecule has 1 N–H and O–H groups in total. The van der Waals surface area contributed by atoms with Crippen molar-refractivity contribution >= 4 is 11.6 Å². The van der Waals surface area contributed by atoms with Crippen molar-refractivity contribution in [1.29, 1.82) is 0 Å². The van der Waals surface area contributed by atoms with Gasteiger partial charge in [-0.3, -0.25) is 4.79 Å². The number of aryl methyl sites for hydroxylation is 3. The van der Waals surface area contributed by atoms with E-state index in [1.54, 1.807) is 19.1 Å². The number of fused-ring (bicyclic) bond motifs is 1. The molecule has 1 aromatic carbocycles. The summed E-state index contributed by atoms with van der Waals surface area (Å²) in [5.74, 6) is 1.53. The van der Waals surface area contributed by atoms with Gasteiger partial charge in [0.15, 0.2) is 5.82 Å². The Labute approximate surface area is 173 Å². The van der Waals surface area contributed by atoms with E-state index in [2.05, 4.69) is 20.4 Å². The van der Waals surface area contributed by atoms with Crippen LogP contribution in [0.1, 0.15) is 39.8 Å². The highest BCUT2D eigenvalue weighted by molar-refractivity contribution is 5.96. The minimum absolute atomic E-state index is 0.182. The molecule has 0 radical (unpaired) electrons. The molecular formula is C22H23N5O3. The van der Waals surface area contributed by atoms with Crippen molar-refractivity contribution in [3.05, 3.63) is 77.3 Å². The number of imidazole rings is 1. The van der Waals surface area contributed by atoms with Crippen molar-refractivity contribution in [2.24, 2.45) is 0 Å². The third kappa shape index (κ3) is 4.48. The number of carbonyl (C=O) groups is 1. The number of pyridine rings is 1. The lowest BCUT2D eigenvalue weighted by molar-refractivity contribution is 0.0948. The van der Waals surface area contributed by atoms with Gasteiger partial charge in [-0.25, -0.2) is 4.98 Å². The molecule has 4 aromatic rings. The summed E-state index contributed by atoms with van der Waals surface area (Å²) in [5, 5.41) is 6.67. The van der Waals surface area contributed by atoms with Crippen molar-refractivity contribution in [3.63, 3.8) is 0 Å². The molecule has 0 saturated carbocycles. The first-order chi connectivity index (χ1) is 14.6. The van der Waals surface area contributed by atoms with Crippen LogP contribution < -0.4 is 10.1 Å². The largest absolute Gasteiger partial charge is 0.486 e. The highest BCUT2D eigenvalue weighted by atomic mass is 16.5. The van der Waals surface area contributed by atoms with Crippen LogP contribution in [0.3, 0.4) is 0 Å². The van der Waals surface area contributed by atoms with E-state index in [0.29, 0.717) is 42.4 Å². The summed E-state index contributed by atoms with van der Waals surface area (Å²) in [5.41, 5.74) is 3.29. The van der Waals surface area contributed by atoms with Gasteiger partial charge >= 0.3 is 0 Å². The van der Waals surface area contributed by atoms with E-state index in [-0.39, 0.29) is 12.5 Å². The molecule has 8 heteroatoms. The maximum atomic E-state index is 12.6. The fourth-order valence-electron chi connectivity index (χ4n) is 3.18. The maximum absolute atomic E-state index is 12.6. The number of nitrogens with one attached hydrogen (secondary N) is 1. The molecule has 1 amide bonds. The van der Waals surface area contributed by atoms with Crippen molar-refractivity contribution in [2.45, 2.75) is 33.3 Å². The summed E-state index contributed by atoms with van der Waals surface area (Å²) in [4.78, 5) is 21.4. The molecule has 0 aliphatic carbocycles. The van der Waals surface area contributed by atoms with Crippen LogP contribution in [0.4, 0.5) is 0 Å². The average Bonchev–Trinajstić information content (AvgIpc) is 3.36. The van der Waals surface area contributed by atoms with E-state index in [1.165, 1.54) is 0 Å². The Kier molecular flexibility index (Phi) is 5.74. The zero-order valence-electron chi connectivity index (χ0n) is 17.0. The van der Waals surface area contributed by atoms with Gasteiger partial charge in [0.2, 0.25) is 5.89 Å². The predicted octanol–water partition coefficient (Wildman–Crippen LogP) is 3.28. The molecule has 0 unspecified atom stereocenters. The molecule has 0 aliphatic rings. The third-order valence-electron chi connectivity index (χ3n) is 4.66. The van der Waals surface area contributed by atoms with Crippen LogP contribution in [0.15, 0.2) is 53.3 Å². The van der Waals surface area contributed by atoms with E-state index >= 15 is 0 Å². The Bertz CT molecular complexity index is 1160.